The molecule has 6 nitrogen and oxygen atoms in total. The van der Waals surface area contributed by atoms with Crippen LogP contribution in [0.25, 0.3) is 0 Å². The van der Waals surface area contributed by atoms with Crippen molar-refractivity contribution in [3.63, 3.8) is 0 Å². The molecule has 0 saturated heterocycles. The summed E-state index contributed by atoms with van der Waals surface area (Å²) in [4.78, 5) is 22.8. The first kappa shape index (κ1) is 17.1. The van der Waals surface area contributed by atoms with E-state index in [0.29, 0.717) is 19.4 Å². The lowest BCUT2D eigenvalue weighted by atomic mass is 9.84. The van der Waals surface area contributed by atoms with Gasteiger partial charge in [0.15, 0.2) is 0 Å². The summed E-state index contributed by atoms with van der Waals surface area (Å²) in [6.07, 6.45) is 2.69. The molecule has 0 saturated carbocycles. The van der Waals surface area contributed by atoms with E-state index in [-0.39, 0.29) is 18.0 Å². The number of hydrogen-bond donors (Lipinski definition) is 3. The van der Waals surface area contributed by atoms with Crippen LogP contribution >= 0.6 is 0 Å². The average molecular weight is 296 g/mol. The third kappa shape index (κ3) is 7.39. The summed E-state index contributed by atoms with van der Waals surface area (Å²) in [7, 11) is 0. The summed E-state index contributed by atoms with van der Waals surface area (Å²) in [5.41, 5.74) is -0.0967. The lowest BCUT2D eigenvalue weighted by Gasteiger charge is -2.23. The van der Waals surface area contributed by atoms with E-state index in [1.54, 1.807) is 12.3 Å². The van der Waals surface area contributed by atoms with Gasteiger partial charge in [0.1, 0.15) is 5.76 Å². The molecular formula is C15H24N2O4. The van der Waals surface area contributed by atoms with Crippen molar-refractivity contribution >= 4 is 12.0 Å². The summed E-state index contributed by atoms with van der Waals surface area (Å²) in [5.74, 6) is -0.673. The Hall–Kier alpha value is -1.98. The lowest BCUT2D eigenvalue weighted by molar-refractivity contribution is -0.142. The molecule has 0 bridgehead atoms. The molecule has 0 aromatic carbocycles. The number of carboxylic acids is 1. The van der Waals surface area contributed by atoms with Gasteiger partial charge in [0.2, 0.25) is 0 Å². The molecule has 1 rings (SSSR count). The maximum Gasteiger partial charge on any atom is 0.314 e. The summed E-state index contributed by atoms with van der Waals surface area (Å²) < 4.78 is 5.15. The second kappa shape index (κ2) is 7.71. The number of amides is 2. The van der Waals surface area contributed by atoms with Crippen LogP contribution in [-0.4, -0.2) is 30.2 Å². The minimum atomic E-state index is -0.888. The number of rotatable bonds is 7. The van der Waals surface area contributed by atoms with Crippen molar-refractivity contribution in [2.24, 2.45) is 11.3 Å². The predicted octanol–water partition coefficient (Wildman–Crippen LogP) is 2.26. The third-order valence-electron chi connectivity index (χ3n) is 2.95. The molecule has 3 N–H and O–H groups in total. The predicted molar refractivity (Wildman–Crippen MR) is 79.0 cm³/mol. The first-order valence-corrected chi connectivity index (χ1v) is 7.05. The Morgan fingerprint density at radius 3 is 2.57 bits per heavy atom. The Kier molecular flexibility index (Phi) is 6.27. The first-order valence-electron chi connectivity index (χ1n) is 7.05. The maximum atomic E-state index is 11.6. The Morgan fingerprint density at radius 2 is 2.05 bits per heavy atom. The first-order chi connectivity index (χ1) is 9.78. The zero-order valence-electron chi connectivity index (χ0n) is 12.8. The highest BCUT2D eigenvalue weighted by Gasteiger charge is 2.24. The number of nitrogens with one attached hydrogen (secondary N) is 2. The van der Waals surface area contributed by atoms with E-state index >= 15 is 0 Å². The van der Waals surface area contributed by atoms with Crippen LogP contribution < -0.4 is 10.6 Å². The van der Waals surface area contributed by atoms with E-state index in [1.165, 1.54) is 0 Å². The molecule has 118 valence electrons. The monoisotopic (exact) mass is 296 g/mol. The standard InChI is InChI=1S/C15H24N2O4/c1-15(2,3)9-11(13(18)19)10-17-14(20)16-7-6-12-5-4-8-21-12/h4-5,8,11H,6-7,9-10H2,1-3H3,(H,18,19)(H2,16,17,20). The number of furan rings is 1. The molecule has 0 fully saturated rings. The van der Waals surface area contributed by atoms with Crippen LogP contribution in [0.1, 0.15) is 33.0 Å². The van der Waals surface area contributed by atoms with Gasteiger partial charge in [-0.2, -0.15) is 0 Å². The lowest BCUT2D eigenvalue weighted by Crippen LogP contribution is -2.41. The van der Waals surface area contributed by atoms with E-state index in [1.807, 2.05) is 26.8 Å². The molecule has 1 unspecified atom stereocenters. The van der Waals surface area contributed by atoms with Gasteiger partial charge in [-0.05, 0) is 24.0 Å². The van der Waals surface area contributed by atoms with Crippen molar-refractivity contribution in [2.45, 2.75) is 33.6 Å². The van der Waals surface area contributed by atoms with Crippen molar-refractivity contribution in [2.75, 3.05) is 13.1 Å². The second-order valence-corrected chi connectivity index (χ2v) is 6.27. The van der Waals surface area contributed by atoms with Crippen molar-refractivity contribution in [1.82, 2.24) is 10.6 Å². The summed E-state index contributed by atoms with van der Waals surface area (Å²) in [6.45, 7) is 6.50. The number of urea groups is 1. The fraction of sp³-hybridized carbons (Fsp3) is 0.600. The number of carbonyl (C=O) groups excluding carboxylic acids is 1. The van der Waals surface area contributed by atoms with Crippen LogP contribution in [-0.2, 0) is 11.2 Å². The maximum absolute atomic E-state index is 11.6. The topological polar surface area (TPSA) is 91.6 Å². The molecule has 1 aromatic rings. The minimum Gasteiger partial charge on any atom is -0.481 e. The Labute approximate surface area is 124 Å². The van der Waals surface area contributed by atoms with Gasteiger partial charge in [-0.25, -0.2) is 4.79 Å². The van der Waals surface area contributed by atoms with Gasteiger partial charge in [-0.3, -0.25) is 4.79 Å². The highest BCUT2D eigenvalue weighted by molar-refractivity contribution is 5.75. The zero-order chi connectivity index (χ0) is 15.9. The smallest absolute Gasteiger partial charge is 0.314 e. The molecule has 0 radical (unpaired) electrons. The Morgan fingerprint density at radius 1 is 1.33 bits per heavy atom. The molecule has 1 aromatic heterocycles. The average Bonchev–Trinajstić information content (AvgIpc) is 2.86. The highest BCUT2D eigenvalue weighted by atomic mass is 16.4. The number of carboxylic acid groups (broad SMARTS) is 1. The second-order valence-electron chi connectivity index (χ2n) is 6.27. The van der Waals surface area contributed by atoms with Crippen LogP contribution in [0.2, 0.25) is 0 Å². The van der Waals surface area contributed by atoms with Gasteiger partial charge in [0, 0.05) is 19.5 Å². The quantitative estimate of drug-likeness (QED) is 0.719. The van der Waals surface area contributed by atoms with Gasteiger partial charge in [0.25, 0.3) is 0 Å². The van der Waals surface area contributed by atoms with Crippen molar-refractivity contribution in [3.05, 3.63) is 24.2 Å². The number of carbonyl (C=O) groups is 2. The summed E-state index contributed by atoms with van der Waals surface area (Å²) in [5, 5.41) is 14.4. The van der Waals surface area contributed by atoms with E-state index < -0.39 is 11.9 Å². The fourth-order valence-corrected chi connectivity index (χ4v) is 2.02. The summed E-state index contributed by atoms with van der Waals surface area (Å²) >= 11 is 0. The van der Waals surface area contributed by atoms with Gasteiger partial charge >= 0.3 is 12.0 Å². The van der Waals surface area contributed by atoms with E-state index in [0.717, 1.165) is 5.76 Å². The van der Waals surface area contributed by atoms with Crippen LogP contribution in [0.3, 0.4) is 0 Å². The van der Waals surface area contributed by atoms with Crippen molar-refractivity contribution in [1.29, 1.82) is 0 Å². The van der Waals surface area contributed by atoms with Crippen LogP contribution in [0.15, 0.2) is 22.8 Å². The fourth-order valence-electron chi connectivity index (χ4n) is 2.02. The Balaban J connectivity index is 2.27. The minimum absolute atomic E-state index is 0.0967. The number of aliphatic carboxylic acids is 1. The molecule has 21 heavy (non-hydrogen) atoms. The normalized spacial score (nSPS) is 12.7. The largest absolute Gasteiger partial charge is 0.481 e. The van der Waals surface area contributed by atoms with E-state index in [2.05, 4.69) is 10.6 Å². The van der Waals surface area contributed by atoms with Crippen LogP contribution in [0, 0.1) is 11.3 Å². The zero-order valence-corrected chi connectivity index (χ0v) is 12.8. The molecule has 0 aliphatic heterocycles. The molecule has 1 heterocycles. The third-order valence-corrected chi connectivity index (χ3v) is 2.95. The summed E-state index contributed by atoms with van der Waals surface area (Å²) in [6, 6.07) is 3.27. The molecule has 0 aliphatic carbocycles. The highest BCUT2D eigenvalue weighted by Crippen LogP contribution is 2.24. The van der Waals surface area contributed by atoms with E-state index in [4.69, 9.17) is 9.52 Å². The van der Waals surface area contributed by atoms with Crippen molar-refractivity contribution in [3.8, 4) is 0 Å². The van der Waals surface area contributed by atoms with Gasteiger partial charge in [-0.15, -0.1) is 0 Å². The number of hydrogen-bond acceptors (Lipinski definition) is 3. The molecule has 0 aliphatic rings. The molecule has 6 heteroatoms. The Bertz CT molecular complexity index is 449. The van der Waals surface area contributed by atoms with Crippen molar-refractivity contribution < 1.29 is 19.1 Å². The molecule has 0 spiro atoms. The van der Waals surface area contributed by atoms with Crippen LogP contribution in [0.4, 0.5) is 4.79 Å². The van der Waals surface area contributed by atoms with Gasteiger partial charge in [0.05, 0.1) is 12.2 Å². The van der Waals surface area contributed by atoms with Gasteiger partial charge in [-0.1, -0.05) is 20.8 Å². The van der Waals surface area contributed by atoms with Crippen LogP contribution in [0.5, 0.6) is 0 Å². The molecule has 1 atom stereocenters. The molecule has 2 amide bonds. The SMILES string of the molecule is CC(C)(C)CC(CNC(=O)NCCc1ccco1)C(=O)O. The molecular weight excluding hydrogens is 272 g/mol. The van der Waals surface area contributed by atoms with Gasteiger partial charge < -0.3 is 20.2 Å². The van der Waals surface area contributed by atoms with E-state index in [9.17, 15) is 9.59 Å².